The smallest absolute Gasteiger partial charge is 0.140 e. The molecule has 42 heavy (non-hydrogen) atoms. The van der Waals surface area contributed by atoms with Crippen molar-refractivity contribution in [2.75, 3.05) is 0 Å². The predicted molar refractivity (Wildman–Crippen MR) is 173 cm³/mol. The summed E-state index contributed by atoms with van der Waals surface area (Å²) < 4.78 is 6.66. The van der Waals surface area contributed by atoms with Crippen molar-refractivity contribution in [2.24, 2.45) is 0 Å². The Balaban J connectivity index is 1.34. The van der Waals surface area contributed by atoms with Crippen molar-refractivity contribution in [2.45, 2.75) is 5.41 Å². The summed E-state index contributed by atoms with van der Waals surface area (Å²) in [4.78, 5) is 0. The van der Waals surface area contributed by atoms with Crippen LogP contribution in [0.15, 0.2) is 150 Å². The summed E-state index contributed by atoms with van der Waals surface area (Å²) in [5, 5.41) is 6.31. The molecule has 1 nitrogen and oxygen atoms in total. The summed E-state index contributed by atoms with van der Waals surface area (Å²) in [6, 6.07) is 53.4. The lowest BCUT2D eigenvalue weighted by Gasteiger charge is -2.30. The van der Waals surface area contributed by atoms with Gasteiger partial charge in [0.15, 0.2) is 0 Å². The molecule has 0 N–H and O–H groups in total. The molecule has 194 valence electrons. The van der Waals surface area contributed by atoms with Crippen LogP contribution in [0.3, 0.4) is 0 Å². The fourth-order valence-electron chi connectivity index (χ4n) is 8.05. The first-order valence-corrected chi connectivity index (χ1v) is 14.6. The SMILES string of the molecule is c1ccc2c(c1)-c1oc3ccccc3c1C21c2ccccc2-c2c(-c3ccc4ccc5ccccc5c4c3)cccc21. The summed E-state index contributed by atoms with van der Waals surface area (Å²) >= 11 is 0. The number of benzene rings is 7. The molecule has 2 aliphatic rings. The minimum atomic E-state index is -0.440. The summed E-state index contributed by atoms with van der Waals surface area (Å²) in [6.45, 7) is 0. The maximum Gasteiger partial charge on any atom is 0.140 e. The molecule has 2 aliphatic carbocycles. The normalized spacial score (nSPS) is 16.2. The molecule has 7 aromatic carbocycles. The van der Waals surface area contributed by atoms with Gasteiger partial charge in [0.2, 0.25) is 0 Å². The minimum absolute atomic E-state index is 0.440. The van der Waals surface area contributed by atoms with Crippen molar-refractivity contribution in [1.29, 1.82) is 0 Å². The Morgan fingerprint density at radius 1 is 0.429 bits per heavy atom. The van der Waals surface area contributed by atoms with Crippen LogP contribution in [0.1, 0.15) is 22.3 Å². The van der Waals surface area contributed by atoms with E-state index in [1.807, 2.05) is 0 Å². The van der Waals surface area contributed by atoms with E-state index in [1.54, 1.807) is 0 Å². The van der Waals surface area contributed by atoms with Crippen molar-refractivity contribution in [1.82, 2.24) is 0 Å². The van der Waals surface area contributed by atoms with Gasteiger partial charge in [0.05, 0.1) is 5.41 Å². The zero-order valence-corrected chi connectivity index (χ0v) is 22.8. The standard InChI is InChI=1S/C41H24O/c1-2-11-28-25(10-1)20-21-26-22-23-27(24-33(26)28)29-15-9-18-36-38(29)30-12-3-6-16-34(30)41(36)35-17-7-4-13-31(35)40-39(41)32-14-5-8-19-37(32)42-40/h1-24H. The molecule has 0 bridgehead atoms. The number of hydrogen-bond donors (Lipinski definition) is 0. The molecule has 0 saturated heterocycles. The quantitative estimate of drug-likeness (QED) is 0.192. The lowest BCUT2D eigenvalue weighted by atomic mass is 9.70. The fourth-order valence-corrected chi connectivity index (χ4v) is 8.05. The van der Waals surface area contributed by atoms with Crippen LogP contribution in [-0.2, 0) is 5.41 Å². The molecule has 0 fully saturated rings. The monoisotopic (exact) mass is 532 g/mol. The molecule has 0 saturated carbocycles. The average Bonchev–Trinajstić information content (AvgIpc) is 3.68. The molecule has 1 heteroatoms. The van der Waals surface area contributed by atoms with Crippen molar-refractivity contribution < 1.29 is 4.42 Å². The third-order valence-electron chi connectivity index (χ3n) is 9.67. The second-order valence-electron chi connectivity index (χ2n) is 11.6. The van der Waals surface area contributed by atoms with Crippen LogP contribution < -0.4 is 0 Å². The Bertz CT molecular complexity index is 2420. The van der Waals surface area contributed by atoms with Crippen LogP contribution in [0.5, 0.6) is 0 Å². The lowest BCUT2D eigenvalue weighted by molar-refractivity contribution is 0.628. The van der Waals surface area contributed by atoms with Gasteiger partial charge in [-0.3, -0.25) is 0 Å². The second kappa shape index (κ2) is 7.87. The van der Waals surface area contributed by atoms with Gasteiger partial charge in [-0.1, -0.05) is 133 Å². The van der Waals surface area contributed by atoms with Crippen molar-refractivity contribution >= 4 is 32.5 Å². The van der Waals surface area contributed by atoms with Crippen LogP contribution in [0.25, 0.3) is 66.1 Å². The van der Waals surface area contributed by atoms with E-state index in [0.717, 1.165) is 11.3 Å². The molecule has 1 heterocycles. The molecule has 1 atom stereocenters. The third-order valence-corrected chi connectivity index (χ3v) is 9.67. The van der Waals surface area contributed by atoms with Crippen LogP contribution in [0.4, 0.5) is 0 Å². The van der Waals surface area contributed by atoms with E-state index < -0.39 is 5.41 Å². The first-order chi connectivity index (χ1) is 20.8. The minimum Gasteiger partial charge on any atom is -0.456 e. The van der Waals surface area contributed by atoms with Gasteiger partial charge in [-0.15, -0.1) is 0 Å². The maximum atomic E-state index is 6.66. The zero-order chi connectivity index (χ0) is 27.4. The van der Waals surface area contributed by atoms with Gasteiger partial charge < -0.3 is 4.42 Å². The van der Waals surface area contributed by atoms with Crippen LogP contribution >= 0.6 is 0 Å². The summed E-state index contributed by atoms with van der Waals surface area (Å²) in [7, 11) is 0. The highest BCUT2D eigenvalue weighted by Gasteiger charge is 2.54. The molecular weight excluding hydrogens is 508 g/mol. The van der Waals surface area contributed by atoms with E-state index in [2.05, 4.69) is 146 Å². The molecule has 1 spiro atoms. The van der Waals surface area contributed by atoms with Gasteiger partial charge in [-0.2, -0.15) is 0 Å². The highest BCUT2D eigenvalue weighted by molar-refractivity contribution is 6.10. The van der Waals surface area contributed by atoms with Gasteiger partial charge in [0.1, 0.15) is 11.3 Å². The molecule has 1 unspecified atom stereocenters. The molecular formula is C41H24O. The first-order valence-electron chi connectivity index (χ1n) is 14.6. The Morgan fingerprint density at radius 3 is 1.93 bits per heavy atom. The second-order valence-corrected chi connectivity index (χ2v) is 11.6. The average molecular weight is 533 g/mol. The van der Waals surface area contributed by atoms with E-state index >= 15 is 0 Å². The van der Waals surface area contributed by atoms with Crippen molar-refractivity contribution in [3.8, 4) is 33.6 Å². The number of fused-ring (bicyclic) bond motifs is 15. The Morgan fingerprint density at radius 2 is 1.05 bits per heavy atom. The number of para-hydroxylation sites is 1. The van der Waals surface area contributed by atoms with E-state index in [1.165, 1.54) is 77.0 Å². The summed E-state index contributed by atoms with van der Waals surface area (Å²) in [5.74, 6) is 0.997. The zero-order valence-electron chi connectivity index (χ0n) is 22.8. The fraction of sp³-hybridized carbons (Fsp3) is 0.0244. The van der Waals surface area contributed by atoms with Crippen molar-refractivity contribution in [3.63, 3.8) is 0 Å². The maximum absolute atomic E-state index is 6.66. The number of hydrogen-bond acceptors (Lipinski definition) is 1. The van der Waals surface area contributed by atoms with E-state index in [-0.39, 0.29) is 0 Å². The summed E-state index contributed by atoms with van der Waals surface area (Å²) in [5.41, 5.74) is 12.1. The third kappa shape index (κ3) is 2.60. The van der Waals surface area contributed by atoms with Gasteiger partial charge in [-0.05, 0) is 72.6 Å². The largest absolute Gasteiger partial charge is 0.456 e. The van der Waals surface area contributed by atoms with Crippen LogP contribution in [-0.4, -0.2) is 0 Å². The lowest BCUT2D eigenvalue weighted by Crippen LogP contribution is -2.25. The highest BCUT2D eigenvalue weighted by Crippen LogP contribution is 2.65. The predicted octanol–water partition coefficient (Wildman–Crippen LogP) is 10.7. The van der Waals surface area contributed by atoms with Gasteiger partial charge in [-0.25, -0.2) is 0 Å². The topological polar surface area (TPSA) is 13.1 Å². The van der Waals surface area contributed by atoms with Crippen molar-refractivity contribution in [3.05, 3.63) is 168 Å². The van der Waals surface area contributed by atoms with Crippen LogP contribution in [0, 0.1) is 0 Å². The van der Waals surface area contributed by atoms with E-state index in [9.17, 15) is 0 Å². The Labute approximate surface area is 243 Å². The summed E-state index contributed by atoms with van der Waals surface area (Å²) in [6.07, 6.45) is 0. The number of rotatable bonds is 1. The molecule has 1 aromatic heterocycles. The molecule has 8 aromatic rings. The molecule has 10 rings (SSSR count). The molecule has 0 amide bonds. The molecule has 0 radical (unpaired) electrons. The molecule has 0 aliphatic heterocycles. The Hall–Kier alpha value is -5.40. The Kier molecular flexibility index (Phi) is 4.18. The highest BCUT2D eigenvalue weighted by atomic mass is 16.3. The van der Waals surface area contributed by atoms with E-state index in [4.69, 9.17) is 4.42 Å². The van der Waals surface area contributed by atoms with Gasteiger partial charge in [0.25, 0.3) is 0 Å². The van der Waals surface area contributed by atoms with Gasteiger partial charge in [0, 0.05) is 16.5 Å². The van der Waals surface area contributed by atoms with Crippen LogP contribution in [0.2, 0.25) is 0 Å². The first kappa shape index (κ1) is 22.3. The van der Waals surface area contributed by atoms with E-state index in [0.29, 0.717) is 0 Å². The number of furan rings is 1. The van der Waals surface area contributed by atoms with Gasteiger partial charge >= 0.3 is 0 Å².